The molecule has 2 rings (SSSR count). The summed E-state index contributed by atoms with van der Waals surface area (Å²) in [6, 6.07) is 3.97. The molecule has 18 heavy (non-hydrogen) atoms. The van der Waals surface area contributed by atoms with Crippen molar-refractivity contribution in [1.29, 1.82) is 0 Å². The van der Waals surface area contributed by atoms with E-state index in [2.05, 4.69) is 15.6 Å². The number of carbonyl (C=O) groups excluding carboxylic acids is 1. The second kappa shape index (κ2) is 7.11. The maximum absolute atomic E-state index is 12.0. The van der Waals surface area contributed by atoms with Crippen molar-refractivity contribution in [1.82, 2.24) is 15.6 Å². The van der Waals surface area contributed by atoms with Crippen LogP contribution in [-0.4, -0.2) is 30.0 Å². The van der Waals surface area contributed by atoms with E-state index in [0.29, 0.717) is 6.54 Å². The second-order valence-corrected chi connectivity index (χ2v) is 4.75. The molecule has 4 nitrogen and oxygen atoms in total. The minimum absolute atomic E-state index is 0.00457. The third-order valence-corrected chi connectivity index (χ3v) is 3.34. The zero-order valence-electron chi connectivity index (χ0n) is 10.7. The Morgan fingerprint density at radius 2 is 2.17 bits per heavy atom. The van der Waals surface area contributed by atoms with Crippen LogP contribution in [0.5, 0.6) is 0 Å². The Bertz CT molecular complexity index is 359. The Balaban J connectivity index is 1.71. The highest BCUT2D eigenvalue weighted by atomic mass is 16.2. The molecule has 0 spiro atoms. The first-order chi connectivity index (χ1) is 8.86. The van der Waals surface area contributed by atoms with Crippen molar-refractivity contribution in [2.45, 2.75) is 38.1 Å². The molecule has 0 bridgehead atoms. The van der Waals surface area contributed by atoms with E-state index in [4.69, 9.17) is 0 Å². The predicted molar refractivity (Wildman–Crippen MR) is 71.2 cm³/mol. The van der Waals surface area contributed by atoms with E-state index in [1.807, 2.05) is 12.1 Å². The Morgan fingerprint density at radius 1 is 1.33 bits per heavy atom. The smallest absolute Gasteiger partial charge is 0.237 e. The van der Waals surface area contributed by atoms with Gasteiger partial charge in [0.1, 0.15) is 0 Å². The van der Waals surface area contributed by atoms with Gasteiger partial charge < -0.3 is 10.6 Å². The maximum atomic E-state index is 12.0. The van der Waals surface area contributed by atoms with Gasteiger partial charge in [-0.3, -0.25) is 9.78 Å². The Morgan fingerprint density at radius 3 is 3.00 bits per heavy atom. The van der Waals surface area contributed by atoms with Gasteiger partial charge in [-0.1, -0.05) is 12.8 Å². The molecule has 1 unspecified atom stereocenters. The number of hydrogen-bond donors (Lipinski definition) is 2. The van der Waals surface area contributed by atoms with Crippen molar-refractivity contribution in [2.24, 2.45) is 0 Å². The fourth-order valence-corrected chi connectivity index (χ4v) is 2.26. The first kappa shape index (κ1) is 13.0. The number of nitrogens with one attached hydrogen (secondary N) is 2. The molecule has 1 atom stereocenters. The van der Waals surface area contributed by atoms with Crippen LogP contribution in [0.15, 0.2) is 24.5 Å². The summed E-state index contributed by atoms with van der Waals surface area (Å²) in [6.45, 7) is 1.66. The molecule has 0 aliphatic carbocycles. The molecule has 1 amide bonds. The summed E-state index contributed by atoms with van der Waals surface area (Å²) in [5, 5.41) is 6.31. The van der Waals surface area contributed by atoms with Crippen LogP contribution in [0.3, 0.4) is 0 Å². The van der Waals surface area contributed by atoms with Crippen molar-refractivity contribution in [3.05, 3.63) is 30.1 Å². The van der Waals surface area contributed by atoms with Crippen LogP contribution >= 0.6 is 0 Å². The molecular weight excluding hydrogens is 226 g/mol. The van der Waals surface area contributed by atoms with Crippen LogP contribution in [0.2, 0.25) is 0 Å². The first-order valence-electron chi connectivity index (χ1n) is 6.76. The monoisotopic (exact) mass is 247 g/mol. The Labute approximate surface area is 108 Å². The summed E-state index contributed by atoms with van der Waals surface area (Å²) in [7, 11) is 0. The fourth-order valence-electron chi connectivity index (χ4n) is 2.26. The minimum atomic E-state index is 0.00457. The van der Waals surface area contributed by atoms with Gasteiger partial charge in [0, 0.05) is 18.9 Å². The lowest BCUT2D eigenvalue weighted by Crippen LogP contribution is -2.44. The molecule has 1 aliphatic heterocycles. The van der Waals surface area contributed by atoms with Gasteiger partial charge in [0.15, 0.2) is 0 Å². The highest BCUT2D eigenvalue weighted by Gasteiger charge is 2.18. The highest BCUT2D eigenvalue weighted by molar-refractivity contribution is 5.81. The van der Waals surface area contributed by atoms with Gasteiger partial charge in [0.2, 0.25) is 5.91 Å². The quantitative estimate of drug-likeness (QED) is 0.842. The zero-order valence-corrected chi connectivity index (χ0v) is 10.7. The number of rotatable bonds is 4. The number of hydrogen-bond acceptors (Lipinski definition) is 3. The molecular formula is C14H21N3O. The predicted octanol–water partition coefficient (Wildman–Crippen LogP) is 1.27. The topological polar surface area (TPSA) is 54.0 Å². The van der Waals surface area contributed by atoms with Gasteiger partial charge in [-0.2, -0.15) is 0 Å². The zero-order chi connectivity index (χ0) is 12.6. The average molecular weight is 247 g/mol. The van der Waals surface area contributed by atoms with E-state index in [-0.39, 0.29) is 11.9 Å². The first-order valence-corrected chi connectivity index (χ1v) is 6.76. The van der Waals surface area contributed by atoms with E-state index in [0.717, 1.165) is 25.8 Å². The Hall–Kier alpha value is -1.42. The molecule has 1 aromatic rings. The maximum Gasteiger partial charge on any atom is 0.237 e. The SMILES string of the molecule is O=C(NCCc1ccncc1)C1CCCCCN1. The van der Waals surface area contributed by atoms with E-state index < -0.39 is 0 Å². The number of nitrogens with zero attached hydrogens (tertiary/aromatic N) is 1. The molecule has 98 valence electrons. The van der Waals surface area contributed by atoms with Gasteiger partial charge in [-0.15, -0.1) is 0 Å². The molecule has 0 aromatic carbocycles. The van der Waals surface area contributed by atoms with Crippen LogP contribution in [0, 0.1) is 0 Å². The number of carbonyl (C=O) groups is 1. The van der Waals surface area contributed by atoms with E-state index >= 15 is 0 Å². The van der Waals surface area contributed by atoms with Crippen LogP contribution in [0.1, 0.15) is 31.2 Å². The van der Waals surface area contributed by atoms with Crippen molar-refractivity contribution in [3.63, 3.8) is 0 Å². The molecule has 2 N–H and O–H groups in total. The summed E-state index contributed by atoms with van der Waals surface area (Å²) in [5.41, 5.74) is 1.21. The third kappa shape index (κ3) is 4.11. The molecule has 0 radical (unpaired) electrons. The van der Waals surface area contributed by atoms with Crippen molar-refractivity contribution in [2.75, 3.05) is 13.1 Å². The second-order valence-electron chi connectivity index (χ2n) is 4.75. The largest absolute Gasteiger partial charge is 0.354 e. The summed E-state index contributed by atoms with van der Waals surface area (Å²) >= 11 is 0. The van der Waals surface area contributed by atoms with Crippen molar-refractivity contribution >= 4 is 5.91 Å². The van der Waals surface area contributed by atoms with E-state index in [1.165, 1.54) is 18.4 Å². The summed E-state index contributed by atoms with van der Waals surface area (Å²) in [4.78, 5) is 15.9. The van der Waals surface area contributed by atoms with Crippen molar-refractivity contribution < 1.29 is 4.79 Å². The van der Waals surface area contributed by atoms with Gasteiger partial charge in [-0.25, -0.2) is 0 Å². The van der Waals surface area contributed by atoms with Crippen LogP contribution in [-0.2, 0) is 11.2 Å². The number of amides is 1. The third-order valence-electron chi connectivity index (χ3n) is 3.34. The fraction of sp³-hybridized carbons (Fsp3) is 0.571. The standard InChI is InChI=1S/C14H21N3O/c18-14(13-4-2-1-3-8-16-13)17-11-7-12-5-9-15-10-6-12/h5-6,9-10,13,16H,1-4,7-8,11H2,(H,17,18). The molecule has 1 saturated heterocycles. The molecule has 1 aliphatic rings. The molecule has 4 heteroatoms. The Kier molecular flexibility index (Phi) is 5.15. The van der Waals surface area contributed by atoms with Crippen LogP contribution in [0.25, 0.3) is 0 Å². The van der Waals surface area contributed by atoms with E-state index in [1.54, 1.807) is 12.4 Å². The molecule has 2 heterocycles. The van der Waals surface area contributed by atoms with Gasteiger partial charge in [0.25, 0.3) is 0 Å². The summed E-state index contributed by atoms with van der Waals surface area (Å²) in [6.07, 6.45) is 8.94. The number of pyridine rings is 1. The minimum Gasteiger partial charge on any atom is -0.354 e. The normalized spacial score (nSPS) is 20.1. The van der Waals surface area contributed by atoms with E-state index in [9.17, 15) is 4.79 Å². The van der Waals surface area contributed by atoms with Gasteiger partial charge >= 0.3 is 0 Å². The molecule has 1 fully saturated rings. The molecule has 1 aromatic heterocycles. The molecule has 0 saturated carbocycles. The lowest BCUT2D eigenvalue weighted by molar-refractivity contribution is -0.123. The highest BCUT2D eigenvalue weighted by Crippen LogP contribution is 2.08. The lowest BCUT2D eigenvalue weighted by Gasteiger charge is -2.15. The lowest BCUT2D eigenvalue weighted by atomic mass is 10.1. The summed E-state index contributed by atoms with van der Waals surface area (Å²) in [5.74, 6) is 0.144. The van der Waals surface area contributed by atoms with Crippen molar-refractivity contribution in [3.8, 4) is 0 Å². The van der Waals surface area contributed by atoms with Crippen LogP contribution < -0.4 is 10.6 Å². The van der Waals surface area contributed by atoms with Crippen LogP contribution in [0.4, 0.5) is 0 Å². The number of aromatic nitrogens is 1. The van der Waals surface area contributed by atoms with Gasteiger partial charge in [0.05, 0.1) is 6.04 Å². The summed E-state index contributed by atoms with van der Waals surface area (Å²) < 4.78 is 0. The van der Waals surface area contributed by atoms with Gasteiger partial charge in [-0.05, 0) is 43.5 Å². The average Bonchev–Trinajstić information content (AvgIpc) is 2.69.